The molecular weight excluding hydrogens is 202 g/mol. The Morgan fingerprint density at radius 3 is 1.12 bits per heavy atom. The van der Waals surface area contributed by atoms with Gasteiger partial charge in [-0.15, -0.1) is 0 Å². The van der Waals surface area contributed by atoms with Crippen LogP contribution in [0.2, 0.25) is 0 Å². The fraction of sp³-hybridized carbons (Fsp3) is 0. The molecule has 0 saturated carbocycles. The minimum atomic E-state index is -4.64. The van der Waals surface area contributed by atoms with Crippen LogP contribution in [-0.4, -0.2) is 108 Å². The molecule has 0 unspecified atom stereocenters. The van der Waals surface area contributed by atoms with Gasteiger partial charge in [-0.3, -0.25) is 0 Å². The summed E-state index contributed by atoms with van der Waals surface area (Å²) in [6.45, 7) is 0. The van der Waals surface area contributed by atoms with E-state index in [2.05, 4.69) is 0 Å². The summed E-state index contributed by atoms with van der Waals surface area (Å²) >= 11 is 0. The van der Waals surface area contributed by atoms with Crippen molar-refractivity contribution in [1.82, 2.24) is 0 Å². The monoisotopic (exact) mass is 212 g/mol. The summed E-state index contributed by atoms with van der Waals surface area (Å²) in [7, 11) is -4.64. The molecule has 0 heterocycles. The Balaban J connectivity index is -0.00000000381. The van der Waals surface area contributed by atoms with Crippen molar-refractivity contribution >= 4 is 101 Å². The van der Waals surface area contributed by atoms with Gasteiger partial charge in [-0.05, 0) is 0 Å². The van der Waals surface area contributed by atoms with Gasteiger partial charge in [0.1, 0.15) is 0 Å². The van der Waals surface area contributed by atoms with E-state index in [4.69, 9.17) is 19.2 Å². The first kappa shape index (κ1) is 22.5. The summed E-state index contributed by atoms with van der Waals surface area (Å²) in [5.41, 5.74) is 0. The third kappa shape index (κ3) is 61.0. The fourth-order valence-corrected chi connectivity index (χ4v) is 0. The van der Waals surface area contributed by atoms with Crippen molar-refractivity contribution in [2.45, 2.75) is 0 Å². The third-order valence-electron chi connectivity index (χ3n) is 0. The smallest absolute Gasteiger partial charge is 1.00 e. The Morgan fingerprint density at radius 2 is 1.12 bits per heavy atom. The molecule has 0 fully saturated rings. The maximum Gasteiger partial charge on any atom is 2.00 e. The van der Waals surface area contributed by atoms with E-state index in [1.807, 2.05) is 0 Å². The second-order valence-corrected chi connectivity index (χ2v) is 1.54. The van der Waals surface area contributed by atoms with E-state index in [1.54, 1.807) is 0 Å². The van der Waals surface area contributed by atoms with E-state index in [-0.39, 0.29) is 98.5 Å². The van der Waals surface area contributed by atoms with E-state index in [0.29, 0.717) is 0 Å². The summed E-state index contributed by atoms with van der Waals surface area (Å²) in [5.74, 6) is 0. The first-order valence-corrected chi connectivity index (χ1v) is 2.35. The molecule has 0 atom stereocenters. The predicted molar refractivity (Wildman–Crippen MR) is 40.2 cm³/mol. The zero-order chi connectivity index (χ0) is 4.50. The number of hydrogen-bond acceptors (Lipinski definition) is 1. The Kier molecular flexibility index (Phi) is 28.5. The van der Waals surface area contributed by atoms with Crippen LogP contribution in [0.4, 0.5) is 0 Å². The number of phosphoric acid groups is 1. The van der Waals surface area contributed by atoms with Gasteiger partial charge in [0.15, 0.2) is 17.4 Å². The predicted octanol–water partition coefficient (Wildman–Crippen LogP) is -2.42. The summed E-state index contributed by atoms with van der Waals surface area (Å²) in [6.07, 6.45) is 0. The minimum absolute atomic E-state index is 0. The van der Waals surface area contributed by atoms with Gasteiger partial charge in [-0.1, -0.05) is 0 Å². The fourth-order valence-electron chi connectivity index (χ4n) is 0. The minimum Gasteiger partial charge on any atom is -1.00 e. The van der Waals surface area contributed by atoms with Gasteiger partial charge in [0.05, 0.1) is 0 Å². The van der Waals surface area contributed by atoms with Crippen molar-refractivity contribution in [2.24, 2.45) is 0 Å². The largest absolute Gasteiger partial charge is 2.00 e. The van der Waals surface area contributed by atoms with E-state index in [1.165, 1.54) is 0 Å². The first-order valence-electron chi connectivity index (χ1n) is 0.783. The SMILES string of the molecule is O=P(O)(O)O.[AlH3].[Ca+2].[Ca+2].[H-].[H-].[H-].[H-]. The van der Waals surface area contributed by atoms with Crippen molar-refractivity contribution in [2.75, 3.05) is 0 Å². The zero-order valence-electron chi connectivity index (χ0n) is 7.61. The van der Waals surface area contributed by atoms with Gasteiger partial charge in [-0.2, -0.15) is 0 Å². The Morgan fingerprint density at radius 1 is 1.12 bits per heavy atom. The summed E-state index contributed by atoms with van der Waals surface area (Å²) in [4.78, 5) is 21.6. The van der Waals surface area contributed by atoms with Crippen LogP contribution in [0.15, 0.2) is 0 Å². The standard InChI is InChI=1S/Al.2Ca.H3O4P.7H/c;;;1-5(2,3)4;;;;;;;/h;;;(H3,1,2,3,4);;;;;;;/q;2*+2;;;;;4*-1. The van der Waals surface area contributed by atoms with Crippen LogP contribution in [0, 0.1) is 0 Å². The Labute approximate surface area is 123 Å². The van der Waals surface area contributed by atoms with Gasteiger partial charge >= 0.3 is 83.3 Å². The van der Waals surface area contributed by atoms with Crippen LogP contribution < -0.4 is 0 Å². The second kappa shape index (κ2) is 10.2. The van der Waals surface area contributed by atoms with Gasteiger partial charge < -0.3 is 20.4 Å². The molecule has 8 heavy (non-hydrogen) atoms. The molecule has 3 N–H and O–H groups in total. The topological polar surface area (TPSA) is 77.8 Å². The van der Waals surface area contributed by atoms with Gasteiger partial charge in [0, 0.05) is 0 Å². The van der Waals surface area contributed by atoms with Crippen molar-refractivity contribution < 1.29 is 25.0 Å². The van der Waals surface area contributed by atoms with Crippen molar-refractivity contribution in [3.63, 3.8) is 0 Å². The van der Waals surface area contributed by atoms with Crippen molar-refractivity contribution in [3.05, 3.63) is 0 Å². The summed E-state index contributed by atoms with van der Waals surface area (Å²) in [6, 6.07) is 0. The maximum atomic E-state index is 8.88. The first-order chi connectivity index (χ1) is 2.00. The molecule has 0 amide bonds. The van der Waals surface area contributed by atoms with Crippen LogP contribution in [0.25, 0.3) is 0 Å². The maximum absolute atomic E-state index is 8.88. The number of hydrogen-bond donors (Lipinski definition) is 3. The Bertz CT molecular complexity index is 71.2. The van der Waals surface area contributed by atoms with Crippen molar-refractivity contribution in [3.8, 4) is 0 Å². The molecule has 0 bridgehead atoms. The van der Waals surface area contributed by atoms with Crippen LogP contribution in [-0.2, 0) is 4.57 Å². The molecule has 4 nitrogen and oxygen atoms in total. The van der Waals surface area contributed by atoms with Crippen molar-refractivity contribution in [1.29, 1.82) is 0 Å². The van der Waals surface area contributed by atoms with Gasteiger partial charge in [0.2, 0.25) is 0 Å². The molecule has 0 aromatic carbocycles. The van der Waals surface area contributed by atoms with E-state index in [9.17, 15) is 0 Å². The van der Waals surface area contributed by atoms with E-state index in [0.717, 1.165) is 0 Å². The van der Waals surface area contributed by atoms with Crippen LogP contribution in [0.5, 0.6) is 0 Å². The van der Waals surface area contributed by atoms with E-state index >= 15 is 0 Å². The molecule has 8 heteroatoms. The Hall–Kier alpha value is 3.16. The third-order valence-corrected chi connectivity index (χ3v) is 0. The van der Waals surface area contributed by atoms with Crippen LogP contribution in [0.3, 0.4) is 0 Å². The van der Waals surface area contributed by atoms with Gasteiger partial charge in [0.25, 0.3) is 0 Å². The zero-order valence-corrected chi connectivity index (χ0v) is 8.92. The van der Waals surface area contributed by atoms with Crippen LogP contribution >= 0.6 is 7.82 Å². The van der Waals surface area contributed by atoms with Crippen LogP contribution in [0.1, 0.15) is 5.71 Å². The molecule has 0 aliphatic heterocycles. The quantitative estimate of drug-likeness (QED) is 0.308. The summed E-state index contributed by atoms with van der Waals surface area (Å²) < 4.78 is 8.88. The molecule has 0 rings (SSSR count). The molecule has 0 aliphatic carbocycles. The average molecular weight is 212 g/mol. The second-order valence-electron chi connectivity index (χ2n) is 0.513. The molecule has 0 spiro atoms. The summed E-state index contributed by atoms with van der Waals surface area (Å²) in [5, 5.41) is 0. The molecule has 46 valence electrons. The number of rotatable bonds is 0. The molecule has 0 aromatic rings. The van der Waals surface area contributed by atoms with E-state index < -0.39 is 7.82 Å². The molecule has 0 aliphatic rings. The van der Waals surface area contributed by atoms with Gasteiger partial charge in [-0.25, -0.2) is 4.57 Å². The average Bonchev–Trinajstić information content (AvgIpc) is 0.722. The molecule has 0 aromatic heterocycles. The molecule has 0 radical (unpaired) electrons. The normalized spacial score (nSPS) is 7.38. The molecule has 0 saturated heterocycles. The molecular formula is H10AlCa2O4P.